The number of fused-ring (bicyclic) bond motifs is 1. The molecule has 0 atom stereocenters. The van der Waals surface area contributed by atoms with Crippen molar-refractivity contribution in [1.82, 2.24) is 20.2 Å². The van der Waals surface area contributed by atoms with Crippen molar-refractivity contribution in [1.29, 1.82) is 0 Å². The Labute approximate surface area is 153 Å². The van der Waals surface area contributed by atoms with E-state index in [0.717, 1.165) is 34.7 Å². The van der Waals surface area contributed by atoms with Gasteiger partial charge in [-0.15, -0.1) is 10.2 Å². The number of carbonyl (C=O) groups is 1. The quantitative estimate of drug-likeness (QED) is 0.751. The SMILES string of the molecule is Cc1nnc(-c2ccc3cnc(NC(=O)C4(F)CCCCC4)cc3n2)s1. The molecule has 26 heavy (non-hydrogen) atoms. The normalized spacial score (nSPS) is 16.5. The molecule has 1 amide bonds. The Morgan fingerprint density at radius 3 is 2.77 bits per heavy atom. The highest BCUT2D eigenvalue weighted by molar-refractivity contribution is 7.14. The van der Waals surface area contributed by atoms with Crippen LogP contribution in [0.4, 0.5) is 10.2 Å². The van der Waals surface area contributed by atoms with Gasteiger partial charge in [0.2, 0.25) is 0 Å². The zero-order valence-corrected chi connectivity index (χ0v) is 15.1. The topological polar surface area (TPSA) is 80.7 Å². The number of carbonyl (C=O) groups excluding carboxylic acids is 1. The molecule has 0 saturated heterocycles. The maximum absolute atomic E-state index is 14.8. The van der Waals surface area contributed by atoms with Crippen LogP contribution in [0.2, 0.25) is 0 Å². The molecule has 0 radical (unpaired) electrons. The molecule has 0 unspecified atom stereocenters. The van der Waals surface area contributed by atoms with Crippen LogP contribution in [0.5, 0.6) is 0 Å². The summed E-state index contributed by atoms with van der Waals surface area (Å²) in [6.07, 6.45) is 4.61. The molecular formula is C18H18FN5OS. The van der Waals surface area contributed by atoms with Gasteiger partial charge in [0.25, 0.3) is 5.91 Å². The van der Waals surface area contributed by atoms with E-state index in [2.05, 4.69) is 25.5 Å². The molecule has 0 bridgehead atoms. The van der Waals surface area contributed by atoms with Crippen LogP contribution in [0, 0.1) is 6.92 Å². The Balaban J connectivity index is 1.61. The fourth-order valence-corrected chi connectivity index (χ4v) is 3.83. The monoisotopic (exact) mass is 371 g/mol. The van der Waals surface area contributed by atoms with Gasteiger partial charge in [0.1, 0.15) is 16.5 Å². The molecule has 3 heterocycles. The highest BCUT2D eigenvalue weighted by Gasteiger charge is 2.39. The molecule has 3 aromatic rings. The number of aromatic nitrogens is 4. The summed E-state index contributed by atoms with van der Waals surface area (Å²) in [6.45, 7) is 1.89. The van der Waals surface area contributed by atoms with E-state index in [-0.39, 0.29) is 12.8 Å². The van der Waals surface area contributed by atoms with E-state index in [1.165, 1.54) is 11.3 Å². The summed E-state index contributed by atoms with van der Waals surface area (Å²) in [5.74, 6) is -0.303. The Bertz CT molecular complexity index is 967. The molecule has 4 rings (SSSR count). The smallest absolute Gasteiger partial charge is 0.263 e. The van der Waals surface area contributed by atoms with E-state index in [0.29, 0.717) is 17.0 Å². The van der Waals surface area contributed by atoms with E-state index in [1.807, 2.05) is 19.1 Å². The van der Waals surface area contributed by atoms with Crippen molar-refractivity contribution in [2.45, 2.75) is 44.7 Å². The van der Waals surface area contributed by atoms with E-state index >= 15 is 0 Å². The van der Waals surface area contributed by atoms with Crippen molar-refractivity contribution in [3.63, 3.8) is 0 Å². The molecule has 0 aliphatic heterocycles. The van der Waals surface area contributed by atoms with E-state index in [9.17, 15) is 9.18 Å². The number of hydrogen-bond acceptors (Lipinski definition) is 6. The second-order valence-corrected chi connectivity index (χ2v) is 7.75. The lowest BCUT2D eigenvalue weighted by molar-refractivity contribution is -0.129. The summed E-state index contributed by atoms with van der Waals surface area (Å²) in [4.78, 5) is 21.1. The van der Waals surface area contributed by atoms with Gasteiger partial charge in [0.05, 0.1) is 5.52 Å². The number of rotatable bonds is 3. The number of hydrogen-bond donors (Lipinski definition) is 1. The Kier molecular flexibility index (Phi) is 4.36. The first-order valence-electron chi connectivity index (χ1n) is 8.61. The van der Waals surface area contributed by atoms with Gasteiger partial charge < -0.3 is 5.32 Å². The molecule has 1 fully saturated rings. The third-order valence-electron chi connectivity index (χ3n) is 4.61. The minimum absolute atomic E-state index is 0.269. The van der Waals surface area contributed by atoms with Crippen LogP contribution in [0.25, 0.3) is 21.6 Å². The first kappa shape index (κ1) is 17.0. The van der Waals surface area contributed by atoms with Crippen molar-refractivity contribution in [3.05, 3.63) is 29.4 Å². The third kappa shape index (κ3) is 3.29. The molecule has 0 aromatic carbocycles. The molecule has 1 saturated carbocycles. The minimum Gasteiger partial charge on any atom is -0.308 e. The summed E-state index contributed by atoms with van der Waals surface area (Å²) >= 11 is 1.46. The number of anilines is 1. The van der Waals surface area contributed by atoms with Crippen LogP contribution in [0.3, 0.4) is 0 Å². The first-order valence-corrected chi connectivity index (χ1v) is 9.43. The fraction of sp³-hybridized carbons (Fsp3) is 0.389. The van der Waals surface area contributed by atoms with Crippen molar-refractivity contribution < 1.29 is 9.18 Å². The zero-order valence-electron chi connectivity index (χ0n) is 14.3. The van der Waals surface area contributed by atoms with Gasteiger partial charge in [-0.2, -0.15) is 0 Å². The summed E-state index contributed by atoms with van der Waals surface area (Å²) in [5, 5.41) is 13.2. The van der Waals surface area contributed by atoms with Crippen LogP contribution in [0.15, 0.2) is 24.4 Å². The molecule has 1 N–H and O–H groups in total. The lowest BCUT2D eigenvalue weighted by Gasteiger charge is -2.27. The molecule has 0 spiro atoms. The highest BCUT2D eigenvalue weighted by atomic mass is 32.1. The maximum atomic E-state index is 14.8. The van der Waals surface area contributed by atoms with E-state index in [1.54, 1.807) is 12.3 Å². The van der Waals surface area contributed by atoms with Crippen LogP contribution in [0.1, 0.15) is 37.1 Å². The van der Waals surface area contributed by atoms with Gasteiger partial charge in [-0.3, -0.25) is 4.79 Å². The number of alkyl halides is 1. The van der Waals surface area contributed by atoms with Gasteiger partial charge in [0.15, 0.2) is 10.7 Å². The highest BCUT2D eigenvalue weighted by Crippen LogP contribution is 2.33. The third-order valence-corrected chi connectivity index (χ3v) is 5.47. The molecular weight excluding hydrogens is 353 g/mol. The van der Waals surface area contributed by atoms with E-state index < -0.39 is 11.6 Å². The van der Waals surface area contributed by atoms with Gasteiger partial charge in [-0.05, 0) is 44.7 Å². The van der Waals surface area contributed by atoms with Crippen LogP contribution in [-0.2, 0) is 4.79 Å². The van der Waals surface area contributed by atoms with Crippen LogP contribution in [-0.4, -0.2) is 31.7 Å². The van der Waals surface area contributed by atoms with Crippen molar-refractivity contribution in [2.75, 3.05) is 5.32 Å². The first-order chi connectivity index (χ1) is 12.5. The number of aryl methyl sites for hydroxylation is 1. The Morgan fingerprint density at radius 2 is 2.04 bits per heavy atom. The predicted octanol–water partition coefficient (Wildman–Crippen LogP) is 4.07. The van der Waals surface area contributed by atoms with Crippen molar-refractivity contribution in [3.8, 4) is 10.7 Å². The van der Waals surface area contributed by atoms with Gasteiger partial charge in [-0.1, -0.05) is 17.8 Å². The largest absolute Gasteiger partial charge is 0.308 e. The fourth-order valence-electron chi connectivity index (χ4n) is 3.17. The lowest BCUT2D eigenvalue weighted by atomic mass is 9.86. The number of nitrogens with one attached hydrogen (secondary N) is 1. The minimum atomic E-state index is -1.80. The number of amides is 1. The summed E-state index contributed by atoms with van der Waals surface area (Å²) in [5.41, 5.74) is -0.424. The van der Waals surface area contributed by atoms with E-state index in [4.69, 9.17) is 0 Å². The Hall–Kier alpha value is -2.48. The average Bonchev–Trinajstić information content (AvgIpc) is 3.08. The van der Waals surface area contributed by atoms with Crippen LogP contribution >= 0.6 is 11.3 Å². The van der Waals surface area contributed by atoms with Gasteiger partial charge in [-0.25, -0.2) is 14.4 Å². The molecule has 3 aromatic heterocycles. The van der Waals surface area contributed by atoms with Gasteiger partial charge >= 0.3 is 0 Å². The second kappa shape index (κ2) is 6.68. The van der Waals surface area contributed by atoms with Crippen molar-refractivity contribution >= 4 is 34.0 Å². The molecule has 8 heteroatoms. The predicted molar refractivity (Wildman–Crippen MR) is 98.7 cm³/mol. The molecule has 6 nitrogen and oxygen atoms in total. The summed E-state index contributed by atoms with van der Waals surface area (Å²) in [7, 11) is 0. The molecule has 1 aliphatic rings. The maximum Gasteiger partial charge on any atom is 0.263 e. The molecule has 134 valence electrons. The number of halogens is 1. The zero-order chi connectivity index (χ0) is 18.1. The number of nitrogens with zero attached hydrogens (tertiary/aromatic N) is 4. The number of pyridine rings is 2. The van der Waals surface area contributed by atoms with Crippen LogP contribution < -0.4 is 5.32 Å². The molecule has 1 aliphatic carbocycles. The van der Waals surface area contributed by atoms with Gasteiger partial charge in [0, 0.05) is 17.6 Å². The van der Waals surface area contributed by atoms with Crippen molar-refractivity contribution in [2.24, 2.45) is 0 Å². The second-order valence-electron chi connectivity index (χ2n) is 6.57. The summed E-state index contributed by atoms with van der Waals surface area (Å²) < 4.78 is 14.8. The average molecular weight is 371 g/mol. The Morgan fingerprint density at radius 1 is 1.23 bits per heavy atom. The lowest BCUT2D eigenvalue weighted by Crippen LogP contribution is -2.40. The standard InChI is InChI=1S/C18H18FN5OS/c1-11-23-24-16(26-11)13-6-5-12-10-20-15(9-14(12)21-13)22-17(25)18(19)7-3-2-4-8-18/h5-6,9-10H,2-4,7-8H2,1H3,(H,20,22,25). The summed E-state index contributed by atoms with van der Waals surface area (Å²) in [6, 6.07) is 5.42.